The first kappa shape index (κ1) is 13.3. The summed E-state index contributed by atoms with van der Waals surface area (Å²) in [5, 5.41) is 6.63. The number of nitrogens with zero attached hydrogens (tertiary/aromatic N) is 1. The van der Waals surface area contributed by atoms with Gasteiger partial charge in [0.05, 0.1) is 6.04 Å². The summed E-state index contributed by atoms with van der Waals surface area (Å²) in [5.74, 6) is 1.87. The molecule has 0 bridgehead atoms. The third kappa shape index (κ3) is 2.35. The molecular weight excluding hydrogens is 250 g/mol. The number of para-hydroxylation sites is 1. The van der Waals surface area contributed by atoms with Gasteiger partial charge < -0.3 is 15.4 Å². The van der Waals surface area contributed by atoms with Crippen molar-refractivity contribution in [3.63, 3.8) is 0 Å². The van der Waals surface area contributed by atoms with Gasteiger partial charge in [0, 0.05) is 26.1 Å². The number of benzene rings is 1. The van der Waals surface area contributed by atoms with E-state index in [2.05, 4.69) is 39.9 Å². The SMILES string of the molecule is CN=C(NC)NC1CC2(CCCC2)Oc2ccccc21. The number of rotatable bonds is 1. The van der Waals surface area contributed by atoms with E-state index in [1.165, 1.54) is 18.4 Å². The molecule has 1 atom stereocenters. The van der Waals surface area contributed by atoms with E-state index in [1.54, 1.807) is 7.05 Å². The van der Waals surface area contributed by atoms with Crippen molar-refractivity contribution in [2.75, 3.05) is 14.1 Å². The lowest BCUT2D eigenvalue weighted by Crippen LogP contribution is -2.45. The Kier molecular flexibility index (Phi) is 3.55. The van der Waals surface area contributed by atoms with E-state index in [4.69, 9.17) is 4.74 Å². The van der Waals surface area contributed by atoms with Crippen LogP contribution < -0.4 is 15.4 Å². The molecule has 1 aliphatic carbocycles. The van der Waals surface area contributed by atoms with Gasteiger partial charge in [0.2, 0.25) is 0 Å². The van der Waals surface area contributed by atoms with E-state index in [0.29, 0.717) is 0 Å². The Bertz CT molecular complexity index is 506. The lowest BCUT2D eigenvalue weighted by molar-refractivity contribution is 0.0396. The van der Waals surface area contributed by atoms with Crippen molar-refractivity contribution in [1.82, 2.24) is 10.6 Å². The first-order valence-corrected chi connectivity index (χ1v) is 7.45. The highest BCUT2D eigenvalue weighted by Crippen LogP contribution is 2.46. The molecule has 0 aromatic heterocycles. The standard InChI is InChI=1S/C16H23N3O/c1-17-15(18-2)19-13-11-16(9-5-6-10-16)20-14-8-4-3-7-12(13)14/h3-4,7-8,13H,5-6,9-11H2,1-2H3,(H2,17,18,19). The van der Waals surface area contributed by atoms with E-state index >= 15 is 0 Å². The predicted molar refractivity (Wildman–Crippen MR) is 81.2 cm³/mol. The summed E-state index contributed by atoms with van der Waals surface area (Å²) in [4.78, 5) is 4.24. The molecule has 1 aromatic carbocycles. The fraction of sp³-hybridized carbons (Fsp3) is 0.562. The zero-order valence-electron chi connectivity index (χ0n) is 12.3. The van der Waals surface area contributed by atoms with Crippen LogP contribution in [0.4, 0.5) is 0 Å². The fourth-order valence-electron chi connectivity index (χ4n) is 3.49. The van der Waals surface area contributed by atoms with Crippen LogP contribution >= 0.6 is 0 Å². The Hall–Kier alpha value is -1.71. The van der Waals surface area contributed by atoms with Crippen LogP contribution in [0.2, 0.25) is 0 Å². The third-order valence-corrected chi connectivity index (χ3v) is 4.48. The van der Waals surface area contributed by atoms with E-state index < -0.39 is 0 Å². The quantitative estimate of drug-likeness (QED) is 0.611. The van der Waals surface area contributed by atoms with E-state index in [9.17, 15) is 0 Å². The van der Waals surface area contributed by atoms with Crippen LogP contribution in [-0.2, 0) is 0 Å². The molecule has 0 saturated heterocycles. The van der Waals surface area contributed by atoms with Crippen LogP contribution in [-0.4, -0.2) is 25.7 Å². The van der Waals surface area contributed by atoms with Crippen molar-refractivity contribution in [3.8, 4) is 5.75 Å². The molecule has 1 spiro atoms. The first-order chi connectivity index (χ1) is 9.76. The third-order valence-electron chi connectivity index (χ3n) is 4.48. The zero-order valence-corrected chi connectivity index (χ0v) is 12.3. The summed E-state index contributed by atoms with van der Waals surface area (Å²) >= 11 is 0. The van der Waals surface area contributed by atoms with Crippen LogP contribution in [0.15, 0.2) is 29.3 Å². The Morgan fingerprint density at radius 2 is 2.05 bits per heavy atom. The minimum atomic E-state index is 0.0264. The molecule has 4 nitrogen and oxygen atoms in total. The average Bonchev–Trinajstić information content (AvgIpc) is 2.92. The van der Waals surface area contributed by atoms with Gasteiger partial charge in [0.15, 0.2) is 5.96 Å². The lowest BCUT2D eigenvalue weighted by atomic mass is 9.86. The number of hydrogen-bond donors (Lipinski definition) is 2. The Balaban J connectivity index is 1.91. The van der Waals surface area contributed by atoms with Gasteiger partial charge in [0.25, 0.3) is 0 Å². The highest BCUT2D eigenvalue weighted by atomic mass is 16.5. The summed E-state index contributed by atoms with van der Waals surface area (Å²) in [7, 11) is 3.70. The number of ether oxygens (including phenoxy) is 1. The van der Waals surface area contributed by atoms with Gasteiger partial charge in [-0.1, -0.05) is 18.2 Å². The predicted octanol–water partition coefficient (Wildman–Crippen LogP) is 2.62. The van der Waals surface area contributed by atoms with Crippen LogP contribution in [0.1, 0.15) is 43.7 Å². The molecule has 2 aliphatic rings. The summed E-state index contributed by atoms with van der Waals surface area (Å²) in [6.07, 6.45) is 5.89. The summed E-state index contributed by atoms with van der Waals surface area (Å²) in [6.45, 7) is 0. The number of fused-ring (bicyclic) bond motifs is 1. The molecule has 2 N–H and O–H groups in total. The number of hydrogen-bond acceptors (Lipinski definition) is 2. The summed E-state index contributed by atoms with van der Waals surface area (Å²) in [5.41, 5.74) is 1.26. The van der Waals surface area contributed by atoms with Crippen LogP contribution in [0.25, 0.3) is 0 Å². The highest BCUT2D eigenvalue weighted by Gasteiger charge is 2.43. The summed E-state index contributed by atoms with van der Waals surface area (Å²) in [6, 6.07) is 8.63. The second kappa shape index (κ2) is 5.35. The Morgan fingerprint density at radius 3 is 2.75 bits per heavy atom. The van der Waals surface area contributed by atoms with Gasteiger partial charge in [0.1, 0.15) is 11.4 Å². The topological polar surface area (TPSA) is 45.7 Å². The maximum absolute atomic E-state index is 6.36. The molecule has 3 rings (SSSR count). The molecule has 1 aliphatic heterocycles. The largest absolute Gasteiger partial charge is 0.487 e. The molecular formula is C16H23N3O. The lowest BCUT2D eigenvalue weighted by Gasteiger charge is -2.40. The molecule has 0 amide bonds. The maximum atomic E-state index is 6.36. The number of guanidine groups is 1. The van der Waals surface area contributed by atoms with Gasteiger partial charge in [-0.25, -0.2) is 0 Å². The number of nitrogens with one attached hydrogen (secondary N) is 2. The van der Waals surface area contributed by atoms with Crippen molar-refractivity contribution in [1.29, 1.82) is 0 Å². The first-order valence-electron chi connectivity index (χ1n) is 7.45. The minimum Gasteiger partial charge on any atom is -0.487 e. The fourth-order valence-corrected chi connectivity index (χ4v) is 3.49. The van der Waals surface area contributed by atoms with Crippen LogP contribution in [0, 0.1) is 0 Å². The highest BCUT2D eigenvalue weighted by molar-refractivity contribution is 5.80. The molecule has 1 unspecified atom stereocenters. The second-order valence-electron chi connectivity index (χ2n) is 5.75. The van der Waals surface area contributed by atoms with Gasteiger partial charge in [-0.3, -0.25) is 4.99 Å². The van der Waals surface area contributed by atoms with E-state index in [1.807, 2.05) is 7.05 Å². The van der Waals surface area contributed by atoms with Crippen molar-refractivity contribution in [2.45, 2.75) is 43.7 Å². The Labute approximate surface area is 120 Å². The molecule has 1 fully saturated rings. The molecule has 1 saturated carbocycles. The smallest absolute Gasteiger partial charge is 0.191 e. The van der Waals surface area contributed by atoms with E-state index in [0.717, 1.165) is 31.0 Å². The summed E-state index contributed by atoms with van der Waals surface area (Å²) < 4.78 is 6.36. The van der Waals surface area contributed by atoms with Crippen LogP contribution in [0.3, 0.4) is 0 Å². The monoisotopic (exact) mass is 273 g/mol. The molecule has 108 valence electrons. The number of aliphatic imine (C=N–C) groups is 1. The molecule has 20 heavy (non-hydrogen) atoms. The normalized spacial score (nSPS) is 24.1. The van der Waals surface area contributed by atoms with Gasteiger partial charge in [-0.05, 0) is 31.7 Å². The zero-order chi connectivity index (χ0) is 14.0. The van der Waals surface area contributed by atoms with Crippen molar-refractivity contribution < 1.29 is 4.74 Å². The molecule has 1 heterocycles. The molecule has 0 radical (unpaired) electrons. The minimum absolute atomic E-state index is 0.0264. The maximum Gasteiger partial charge on any atom is 0.191 e. The average molecular weight is 273 g/mol. The molecule has 4 heteroatoms. The van der Waals surface area contributed by atoms with Gasteiger partial charge in [-0.15, -0.1) is 0 Å². The molecule has 1 aromatic rings. The second-order valence-corrected chi connectivity index (χ2v) is 5.75. The van der Waals surface area contributed by atoms with Gasteiger partial charge >= 0.3 is 0 Å². The van der Waals surface area contributed by atoms with Crippen molar-refractivity contribution in [2.24, 2.45) is 4.99 Å². The van der Waals surface area contributed by atoms with Crippen molar-refractivity contribution >= 4 is 5.96 Å². The van der Waals surface area contributed by atoms with Crippen LogP contribution in [0.5, 0.6) is 5.75 Å². The van der Waals surface area contributed by atoms with Crippen molar-refractivity contribution in [3.05, 3.63) is 29.8 Å². The Morgan fingerprint density at radius 1 is 1.30 bits per heavy atom. The van der Waals surface area contributed by atoms with E-state index in [-0.39, 0.29) is 11.6 Å². The van der Waals surface area contributed by atoms with Gasteiger partial charge in [-0.2, -0.15) is 0 Å².